The van der Waals surface area contributed by atoms with E-state index in [9.17, 15) is 4.79 Å². The first-order chi connectivity index (χ1) is 12.1. The van der Waals surface area contributed by atoms with Gasteiger partial charge in [0.15, 0.2) is 0 Å². The predicted octanol–water partition coefficient (Wildman–Crippen LogP) is 1.79. The molecule has 0 saturated carbocycles. The van der Waals surface area contributed by atoms with Crippen molar-refractivity contribution in [2.24, 2.45) is 0 Å². The van der Waals surface area contributed by atoms with Crippen LogP contribution in [0.5, 0.6) is 0 Å². The number of nitrogens with zero attached hydrogens (tertiary/aromatic N) is 3. The van der Waals surface area contributed by atoms with Crippen LogP contribution in [0.4, 0.5) is 5.69 Å². The van der Waals surface area contributed by atoms with Gasteiger partial charge in [0, 0.05) is 23.8 Å². The van der Waals surface area contributed by atoms with Crippen LogP contribution in [0.1, 0.15) is 11.4 Å². The summed E-state index contributed by atoms with van der Waals surface area (Å²) in [6.07, 6.45) is 0. The number of hydrogen-bond donors (Lipinski definition) is 2. The number of hydrogen-bond acceptors (Lipinski definition) is 4. The second kappa shape index (κ2) is 4.97. The van der Waals surface area contributed by atoms with E-state index < -0.39 is 5.41 Å². The maximum Gasteiger partial charge on any atom is 0.240 e. The van der Waals surface area contributed by atoms with Gasteiger partial charge in [-0.2, -0.15) is 0 Å². The maximum atomic E-state index is 13.1. The molecule has 0 atom stereocenters. The molecule has 1 amide bonds. The largest absolute Gasteiger partial charge is 0.337 e. The lowest BCUT2D eigenvalue weighted by Crippen LogP contribution is -2.61. The van der Waals surface area contributed by atoms with Gasteiger partial charge in [0.2, 0.25) is 5.91 Å². The number of carbonyl (C=O) groups is 1. The standard InChI is InChI=1S/C18H16ClN5O/c19-11-5-6-13-15(7-11)24(20)16(22-13)8-23-14-4-2-1-3-12(14)18(17(23)25)9-21-10-18/h1-7,21H,8-10,20H2. The van der Waals surface area contributed by atoms with Crippen LogP contribution < -0.4 is 16.1 Å². The van der Waals surface area contributed by atoms with Crippen LogP contribution in [0.25, 0.3) is 11.0 Å². The van der Waals surface area contributed by atoms with Crippen LogP contribution in [0, 0.1) is 0 Å². The Bertz CT molecular complexity index is 1020. The van der Waals surface area contributed by atoms with Crippen molar-refractivity contribution >= 4 is 34.2 Å². The summed E-state index contributed by atoms with van der Waals surface area (Å²) in [5.74, 6) is 6.95. The van der Waals surface area contributed by atoms with Gasteiger partial charge >= 0.3 is 0 Å². The van der Waals surface area contributed by atoms with Crippen LogP contribution >= 0.6 is 11.6 Å². The van der Waals surface area contributed by atoms with Gasteiger partial charge < -0.3 is 16.1 Å². The molecule has 3 aromatic rings. The Morgan fingerprint density at radius 2 is 2.04 bits per heavy atom. The molecule has 0 aliphatic carbocycles. The molecule has 7 heteroatoms. The minimum Gasteiger partial charge on any atom is -0.337 e. The molecule has 6 nitrogen and oxygen atoms in total. The highest BCUT2D eigenvalue weighted by Gasteiger charge is 2.54. The summed E-state index contributed by atoms with van der Waals surface area (Å²) < 4.78 is 1.52. The fourth-order valence-electron chi connectivity index (χ4n) is 3.84. The fraction of sp³-hybridized carbons (Fsp3) is 0.222. The number of nitrogens with two attached hydrogens (primary N) is 1. The number of anilines is 1. The average molecular weight is 354 g/mol. The van der Waals surface area contributed by atoms with Crippen molar-refractivity contribution in [1.82, 2.24) is 15.0 Å². The highest BCUT2D eigenvalue weighted by atomic mass is 35.5. The van der Waals surface area contributed by atoms with Crippen molar-refractivity contribution in [3.05, 3.63) is 58.9 Å². The van der Waals surface area contributed by atoms with Crippen LogP contribution in [0.2, 0.25) is 5.02 Å². The van der Waals surface area contributed by atoms with Crippen molar-refractivity contribution in [2.45, 2.75) is 12.0 Å². The topological polar surface area (TPSA) is 76.2 Å². The van der Waals surface area contributed by atoms with Gasteiger partial charge in [0.1, 0.15) is 11.2 Å². The lowest BCUT2D eigenvalue weighted by atomic mass is 9.76. The summed E-state index contributed by atoms with van der Waals surface area (Å²) in [6.45, 7) is 1.68. The molecule has 126 valence electrons. The van der Waals surface area contributed by atoms with Gasteiger partial charge in [0.05, 0.1) is 17.6 Å². The Hall–Kier alpha value is -2.57. The molecule has 1 spiro atoms. The first kappa shape index (κ1) is 14.7. The molecule has 25 heavy (non-hydrogen) atoms. The minimum absolute atomic E-state index is 0.109. The van der Waals surface area contributed by atoms with Gasteiger partial charge in [-0.1, -0.05) is 29.8 Å². The molecule has 0 bridgehead atoms. The lowest BCUT2D eigenvalue weighted by molar-refractivity contribution is -0.125. The molecule has 0 unspecified atom stereocenters. The number of amides is 1. The zero-order chi connectivity index (χ0) is 17.2. The summed E-state index contributed by atoms with van der Waals surface area (Å²) >= 11 is 6.06. The molecule has 3 N–H and O–H groups in total. The zero-order valence-corrected chi connectivity index (χ0v) is 14.1. The van der Waals surface area contributed by atoms with Crippen molar-refractivity contribution in [2.75, 3.05) is 23.8 Å². The molecular weight excluding hydrogens is 338 g/mol. The zero-order valence-electron chi connectivity index (χ0n) is 13.4. The van der Waals surface area contributed by atoms with E-state index in [1.165, 1.54) is 4.68 Å². The Balaban J connectivity index is 1.59. The van der Waals surface area contributed by atoms with Crippen molar-refractivity contribution in [3.8, 4) is 0 Å². The van der Waals surface area contributed by atoms with Gasteiger partial charge in [-0.15, -0.1) is 0 Å². The normalized spacial score (nSPS) is 18.0. The van der Waals surface area contributed by atoms with Crippen molar-refractivity contribution in [3.63, 3.8) is 0 Å². The third kappa shape index (κ3) is 1.89. The summed E-state index contributed by atoms with van der Waals surface area (Å²) in [7, 11) is 0. The monoisotopic (exact) mass is 353 g/mol. The van der Waals surface area contributed by atoms with Crippen LogP contribution in [0.15, 0.2) is 42.5 Å². The highest BCUT2D eigenvalue weighted by molar-refractivity contribution is 6.31. The van der Waals surface area contributed by atoms with Crippen molar-refractivity contribution < 1.29 is 4.79 Å². The molecule has 2 aliphatic heterocycles. The number of imidazole rings is 1. The first-order valence-electron chi connectivity index (χ1n) is 8.14. The molecule has 1 fully saturated rings. The molecule has 1 aromatic heterocycles. The van der Waals surface area contributed by atoms with E-state index >= 15 is 0 Å². The molecule has 2 aromatic carbocycles. The van der Waals surface area contributed by atoms with E-state index in [0.29, 0.717) is 30.5 Å². The van der Waals surface area contributed by atoms with Crippen LogP contribution in [-0.4, -0.2) is 28.7 Å². The highest BCUT2D eigenvalue weighted by Crippen LogP contribution is 2.44. The van der Waals surface area contributed by atoms with E-state index in [4.69, 9.17) is 17.4 Å². The lowest BCUT2D eigenvalue weighted by Gasteiger charge is -2.37. The summed E-state index contributed by atoms with van der Waals surface area (Å²) in [5.41, 5.74) is 3.11. The SMILES string of the molecule is Nn1c(CN2C(=O)C3(CNC3)c3ccccc32)nc2ccc(Cl)cc21. The molecule has 5 rings (SSSR count). The van der Waals surface area contributed by atoms with Crippen LogP contribution in [0.3, 0.4) is 0 Å². The number of nitrogen functional groups attached to an aromatic ring is 1. The Kier molecular flexibility index (Phi) is 2.93. The minimum atomic E-state index is -0.439. The second-order valence-corrected chi connectivity index (χ2v) is 7.06. The first-order valence-corrected chi connectivity index (χ1v) is 8.52. The van der Waals surface area contributed by atoms with Crippen molar-refractivity contribution in [1.29, 1.82) is 0 Å². The number of para-hydroxylation sites is 1. The number of nitrogens with one attached hydrogen (secondary N) is 1. The number of carbonyl (C=O) groups excluding carboxylic acids is 1. The second-order valence-electron chi connectivity index (χ2n) is 6.63. The smallest absolute Gasteiger partial charge is 0.240 e. The predicted molar refractivity (Wildman–Crippen MR) is 97.1 cm³/mol. The summed E-state index contributed by atoms with van der Waals surface area (Å²) in [5, 5.41) is 3.84. The van der Waals surface area contributed by atoms with Gasteiger partial charge in [-0.3, -0.25) is 4.79 Å². The third-order valence-electron chi connectivity index (χ3n) is 5.24. The maximum absolute atomic E-state index is 13.1. The quantitative estimate of drug-likeness (QED) is 0.689. The third-order valence-corrected chi connectivity index (χ3v) is 5.48. The summed E-state index contributed by atoms with van der Waals surface area (Å²) in [6, 6.07) is 13.4. The molecule has 1 saturated heterocycles. The van der Waals surface area contributed by atoms with E-state index in [0.717, 1.165) is 22.3 Å². The molecule has 2 aliphatic rings. The average Bonchev–Trinajstić information content (AvgIpc) is 3.01. The summed E-state index contributed by atoms with van der Waals surface area (Å²) in [4.78, 5) is 19.5. The van der Waals surface area contributed by atoms with E-state index in [-0.39, 0.29) is 5.91 Å². The van der Waals surface area contributed by atoms with Gasteiger partial charge in [-0.05, 0) is 29.8 Å². The van der Waals surface area contributed by atoms with E-state index in [1.807, 2.05) is 30.3 Å². The van der Waals surface area contributed by atoms with E-state index in [1.54, 1.807) is 17.0 Å². The number of aromatic nitrogens is 2. The van der Waals surface area contributed by atoms with Crippen LogP contribution in [-0.2, 0) is 16.8 Å². The molecule has 0 radical (unpaired) electrons. The Morgan fingerprint density at radius 3 is 2.80 bits per heavy atom. The molecule has 3 heterocycles. The Morgan fingerprint density at radius 1 is 1.24 bits per heavy atom. The number of benzene rings is 2. The van der Waals surface area contributed by atoms with Gasteiger partial charge in [0.25, 0.3) is 0 Å². The van der Waals surface area contributed by atoms with Gasteiger partial charge in [-0.25, -0.2) is 9.66 Å². The Labute approximate surface area is 149 Å². The number of rotatable bonds is 2. The van der Waals surface area contributed by atoms with E-state index in [2.05, 4.69) is 10.3 Å². The molecular formula is C18H16ClN5O. The fourth-order valence-corrected chi connectivity index (χ4v) is 4.01. The number of halogens is 1. The number of fused-ring (bicyclic) bond motifs is 3.